The number of nitrogens with one attached hydrogen (secondary N) is 1. The third kappa shape index (κ3) is 5.77. The fourth-order valence-electron chi connectivity index (χ4n) is 3.29. The van der Waals surface area contributed by atoms with Crippen LogP contribution >= 0.6 is 0 Å². The van der Waals surface area contributed by atoms with E-state index in [-0.39, 0.29) is 23.8 Å². The van der Waals surface area contributed by atoms with Crippen LogP contribution < -0.4 is 22.3 Å². The number of aromatic nitrogens is 2. The minimum atomic E-state index is -0.880. The lowest BCUT2D eigenvalue weighted by Gasteiger charge is -2.18. The van der Waals surface area contributed by atoms with Gasteiger partial charge in [0, 0.05) is 18.2 Å². The number of nitrogens with two attached hydrogens (primary N) is 1. The summed E-state index contributed by atoms with van der Waals surface area (Å²) >= 11 is 0. The topological polar surface area (TPSA) is 142 Å². The number of carbonyl (C=O) groups is 3. The lowest BCUT2D eigenvalue weighted by Crippen LogP contribution is -2.43. The third-order valence-electron chi connectivity index (χ3n) is 5.42. The lowest BCUT2D eigenvalue weighted by molar-refractivity contribution is -0.123. The summed E-state index contributed by atoms with van der Waals surface area (Å²) < 4.78 is 7.02. The summed E-state index contributed by atoms with van der Waals surface area (Å²) in [4.78, 5) is 62.9. The van der Waals surface area contributed by atoms with Gasteiger partial charge in [-0.25, -0.2) is 9.59 Å². The maximum atomic E-state index is 12.9. The van der Waals surface area contributed by atoms with Crippen LogP contribution in [0.4, 0.5) is 11.5 Å². The summed E-state index contributed by atoms with van der Waals surface area (Å²) in [6.45, 7) is 4.55. The zero-order valence-corrected chi connectivity index (χ0v) is 20.5. The van der Waals surface area contributed by atoms with E-state index in [2.05, 4.69) is 5.32 Å². The van der Waals surface area contributed by atoms with Gasteiger partial charge in [0.05, 0.1) is 12.1 Å². The number of ether oxygens (including phenoxy) is 1. The first kappa shape index (κ1) is 26.1. The largest absolute Gasteiger partial charge is 0.454 e. The van der Waals surface area contributed by atoms with Crippen LogP contribution in [-0.2, 0) is 23.1 Å². The molecule has 0 aliphatic carbocycles. The number of rotatable bonds is 7. The van der Waals surface area contributed by atoms with Gasteiger partial charge in [-0.15, -0.1) is 0 Å². The molecule has 1 amide bonds. The Hall–Kier alpha value is -4.47. The molecular formula is C26H28N4O6. The van der Waals surface area contributed by atoms with Crippen molar-refractivity contribution >= 4 is 29.2 Å². The molecule has 0 bridgehead atoms. The molecule has 0 radical (unpaired) electrons. The summed E-state index contributed by atoms with van der Waals surface area (Å²) in [5.74, 6) is -2.22. The number of Topliss-reactive ketones (excluding diaryl/α,β-unsaturated/α-hetero) is 1. The summed E-state index contributed by atoms with van der Waals surface area (Å²) in [6.07, 6.45) is 0. The first-order valence-corrected chi connectivity index (χ1v) is 11.1. The van der Waals surface area contributed by atoms with Crippen LogP contribution in [0.3, 0.4) is 0 Å². The van der Waals surface area contributed by atoms with E-state index in [1.165, 1.54) is 19.2 Å². The Balaban J connectivity index is 1.80. The van der Waals surface area contributed by atoms with Crippen LogP contribution in [0.15, 0.2) is 64.2 Å². The summed E-state index contributed by atoms with van der Waals surface area (Å²) in [6, 6.07) is 15.0. The number of benzene rings is 2. The van der Waals surface area contributed by atoms with Gasteiger partial charge >= 0.3 is 11.7 Å². The highest BCUT2D eigenvalue weighted by Gasteiger charge is 2.24. The van der Waals surface area contributed by atoms with Crippen molar-refractivity contribution in [3.05, 3.63) is 92.1 Å². The normalized spacial score (nSPS) is 11.1. The Morgan fingerprint density at radius 2 is 1.67 bits per heavy atom. The molecule has 0 aliphatic rings. The molecule has 0 unspecified atom stereocenters. The zero-order chi connectivity index (χ0) is 26.6. The average molecular weight is 493 g/mol. The predicted octanol–water partition coefficient (Wildman–Crippen LogP) is 2.20. The van der Waals surface area contributed by atoms with Crippen LogP contribution in [-0.4, -0.2) is 33.4 Å². The number of carbonyl (C=O) groups excluding carboxylic acids is 3. The van der Waals surface area contributed by atoms with Crippen molar-refractivity contribution in [2.75, 3.05) is 17.7 Å². The number of amides is 1. The highest BCUT2D eigenvalue weighted by Crippen LogP contribution is 2.19. The molecule has 0 saturated heterocycles. The molecule has 0 atom stereocenters. The molecule has 3 rings (SSSR count). The maximum absolute atomic E-state index is 12.9. The molecule has 1 heterocycles. The minimum absolute atomic E-state index is 0.0484. The van der Waals surface area contributed by atoms with Gasteiger partial charge < -0.3 is 15.8 Å². The zero-order valence-electron chi connectivity index (χ0n) is 20.5. The van der Waals surface area contributed by atoms with Crippen LogP contribution in [0.5, 0.6) is 0 Å². The van der Waals surface area contributed by atoms with Crippen molar-refractivity contribution in [2.45, 2.75) is 27.3 Å². The first-order valence-electron chi connectivity index (χ1n) is 11.1. The molecule has 0 saturated carbocycles. The molecule has 0 fully saturated rings. The molecule has 188 valence electrons. The maximum Gasteiger partial charge on any atom is 0.338 e. The minimum Gasteiger partial charge on any atom is -0.454 e. The molecule has 36 heavy (non-hydrogen) atoms. The van der Waals surface area contributed by atoms with Crippen LogP contribution in [0.25, 0.3) is 0 Å². The van der Waals surface area contributed by atoms with Crippen molar-refractivity contribution in [3.8, 4) is 0 Å². The van der Waals surface area contributed by atoms with Crippen molar-refractivity contribution < 1.29 is 19.1 Å². The third-order valence-corrected chi connectivity index (χ3v) is 5.42. The summed E-state index contributed by atoms with van der Waals surface area (Å²) in [5.41, 5.74) is 4.68. The average Bonchev–Trinajstić information content (AvgIpc) is 2.84. The Labute approximate surface area is 207 Å². The highest BCUT2D eigenvalue weighted by molar-refractivity contribution is 6.02. The van der Waals surface area contributed by atoms with E-state index < -0.39 is 40.6 Å². The van der Waals surface area contributed by atoms with E-state index >= 15 is 0 Å². The molecule has 10 heteroatoms. The number of ketones is 1. The van der Waals surface area contributed by atoms with Gasteiger partial charge in [-0.3, -0.25) is 23.5 Å². The van der Waals surface area contributed by atoms with E-state index in [1.807, 2.05) is 6.07 Å². The van der Waals surface area contributed by atoms with E-state index in [9.17, 15) is 24.0 Å². The number of esters is 1. The van der Waals surface area contributed by atoms with E-state index in [0.29, 0.717) is 5.69 Å². The van der Waals surface area contributed by atoms with Crippen molar-refractivity contribution in [1.82, 2.24) is 9.13 Å². The van der Waals surface area contributed by atoms with Crippen LogP contribution in [0.1, 0.15) is 47.1 Å². The molecule has 3 N–H and O–H groups in total. The number of hydrogen-bond acceptors (Lipinski definition) is 7. The summed E-state index contributed by atoms with van der Waals surface area (Å²) in [7, 11) is 1.24. The molecule has 1 aromatic heterocycles. The van der Waals surface area contributed by atoms with Gasteiger partial charge in [-0.1, -0.05) is 57.2 Å². The standard InChI is InChI=1S/C26H28N4O6/c1-26(2,3)24(34)28-18-12-8-11-17(13-18)23(33)36-15-19(31)20-21(27)30(25(35)29(4)22(20)32)14-16-9-6-5-7-10-16/h5-13H,14-15,27H2,1-4H3,(H,28,34). The van der Waals surface area contributed by atoms with Crippen molar-refractivity contribution in [1.29, 1.82) is 0 Å². The van der Waals surface area contributed by atoms with E-state index in [1.54, 1.807) is 57.2 Å². The van der Waals surface area contributed by atoms with Crippen LogP contribution in [0, 0.1) is 5.41 Å². The molecule has 2 aromatic carbocycles. The first-order chi connectivity index (χ1) is 16.9. The smallest absolute Gasteiger partial charge is 0.338 e. The Morgan fingerprint density at radius 1 is 1.00 bits per heavy atom. The van der Waals surface area contributed by atoms with Crippen molar-refractivity contribution in [3.63, 3.8) is 0 Å². The van der Waals surface area contributed by atoms with E-state index in [4.69, 9.17) is 10.5 Å². The molecule has 3 aromatic rings. The lowest BCUT2D eigenvalue weighted by atomic mass is 9.95. The predicted molar refractivity (Wildman–Crippen MR) is 135 cm³/mol. The molecule has 0 spiro atoms. The van der Waals surface area contributed by atoms with Gasteiger partial charge in [0.2, 0.25) is 11.7 Å². The van der Waals surface area contributed by atoms with Gasteiger partial charge in [-0.2, -0.15) is 0 Å². The molecule has 10 nitrogen and oxygen atoms in total. The fraction of sp³-hybridized carbons (Fsp3) is 0.269. The number of anilines is 2. The highest BCUT2D eigenvalue weighted by atomic mass is 16.5. The second-order valence-corrected chi connectivity index (χ2v) is 9.26. The second-order valence-electron chi connectivity index (χ2n) is 9.26. The number of hydrogen-bond donors (Lipinski definition) is 2. The number of nitrogen functional groups attached to an aromatic ring is 1. The van der Waals surface area contributed by atoms with Crippen LogP contribution in [0.2, 0.25) is 0 Å². The monoisotopic (exact) mass is 492 g/mol. The van der Waals surface area contributed by atoms with Gasteiger partial charge in [0.1, 0.15) is 11.4 Å². The Bertz CT molecular complexity index is 1430. The van der Waals surface area contributed by atoms with E-state index in [0.717, 1.165) is 14.7 Å². The van der Waals surface area contributed by atoms with Gasteiger partial charge in [0.15, 0.2) is 6.61 Å². The van der Waals surface area contributed by atoms with Gasteiger partial charge in [0.25, 0.3) is 5.56 Å². The molecule has 0 aliphatic heterocycles. The quantitative estimate of drug-likeness (QED) is 0.380. The Morgan fingerprint density at radius 3 is 2.31 bits per heavy atom. The second kappa shape index (κ2) is 10.4. The van der Waals surface area contributed by atoms with Gasteiger partial charge in [-0.05, 0) is 23.8 Å². The Kier molecular flexibility index (Phi) is 7.57. The van der Waals surface area contributed by atoms with Crippen molar-refractivity contribution in [2.24, 2.45) is 12.5 Å². The number of nitrogens with zero attached hydrogens (tertiary/aromatic N) is 2. The molecular weight excluding hydrogens is 464 g/mol. The summed E-state index contributed by atoms with van der Waals surface area (Å²) in [5, 5.41) is 2.71. The SMILES string of the molecule is Cn1c(=O)c(C(=O)COC(=O)c2cccc(NC(=O)C(C)(C)C)c2)c(N)n(Cc2ccccc2)c1=O. The fourth-order valence-corrected chi connectivity index (χ4v) is 3.29.